The van der Waals surface area contributed by atoms with E-state index in [1.54, 1.807) is 6.07 Å². The van der Waals surface area contributed by atoms with E-state index in [0.29, 0.717) is 18.7 Å². The van der Waals surface area contributed by atoms with Gasteiger partial charge in [-0.2, -0.15) is 18.4 Å². The second kappa shape index (κ2) is 7.29. The minimum Gasteiger partial charge on any atom is -0.376 e. The van der Waals surface area contributed by atoms with Gasteiger partial charge >= 0.3 is 6.18 Å². The van der Waals surface area contributed by atoms with Crippen molar-refractivity contribution in [3.8, 4) is 6.07 Å². The number of halogens is 3. The van der Waals surface area contributed by atoms with E-state index in [1.807, 2.05) is 0 Å². The van der Waals surface area contributed by atoms with Crippen LogP contribution in [0.3, 0.4) is 0 Å². The Morgan fingerprint density at radius 1 is 1.39 bits per heavy atom. The van der Waals surface area contributed by atoms with Gasteiger partial charge in [0, 0.05) is 13.2 Å². The number of hydrogen-bond donors (Lipinski definition) is 1. The highest BCUT2D eigenvalue weighted by molar-refractivity contribution is 6.01. The molecule has 0 aromatic heterocycles. The van der Waals surface area contributed by atoms with Crippen LogP contribution in [0.4, 0.5) is 13.2 Å². The van der Waals surface area contributed by atoms with E-state index < -0.39 is 17.6 Å². The van der Waals surface area contributed by atoms with Crippen molar-refractivity contribution in [1.82, 2.24) is 5.32 Å². The summed E-state index contributed by atoms with van der Waals surface area (Å²) in [7, 11) is 0. The van der Waals surface area contributed by atoms with Gasteiger partial charge < -0.3 is 10.1 Å². The van der Waals surface area contributed by atoms with Gasteiger partial charge in [-0.3, -0.25) is 4.79 Å². The highest BCUT2D eigenvalue weighted by Crippen LogP contribution is 2.29. The Bertz CT molecular complexity index is 624. The van der Waals surface area contributed by atoms with Gasteiger partial charge in [-0.1, -0.05) is 12.1 Å². The van der Waals surface area contributed by atoms with Gasteiger partial charge in [0.2, 0.25) is 0 Å². The van der Waals surface area contributed by atoms with Crippen LogP contribution in [0.1, 0.15) is 24.0 Å². The number of carbonyl (C=O) groups is 1. The van der Waals surface area contributed by atoms with Crippen LogP contribution in [-0.4, -0.2) is 25.2 Å². The zero-order valence-electron chi connectivity index (χ0n) is 12.2. The fourth-order valence-electron chi connectivity index (χ4n) is 2.19. The van der Waals surface area contributed by atoms with E-state index in [-0.39, 0.29) is 11.7 Å². The van der Waals surface area contributed by atoms with Crippen molar-refractivity contribution in [2.24, 2.45) is 0 Å². The first kappa shape index (κ1) is 17.0. The number of rotatable bonds is 4. The standard InChI is InChI=1S/C16H15F3N2O2/c17-16(18,19)13-5-3-11(4-6-13)8-12(9-20)15(22)21-10-14-2-1-7-23-14/h3-6,8,14H,1-2,7,10H2,(H,21,22)/b12-8-. The largest absolute Gasteiger partial charge is 0.416 e. The first-order chi connectivity index (χ1) is 10.9. The lowest BCUT2D eigenvalue weighted by molar-refractivity contribution is -0.137. The maximum Gasteiger partial charge on any atom is 0.416 e. The minimum atomic E-state index is -4.42. The second-order valence-electron chi connectivity index (χ2n) is 5.13. The lowest BCUT2D eigenvalue weighted by Gasteiger charge is -2.10. The van der Waals surface area contributed by atoms with E-state index in [2.05, 4.69) is 5.32 Å². The highest BCUT2D eigenvalue weighted by Gasteiger charge is 2.29. The zero-order valence-corrected chi connectivity index (χ0v) is 12.2. The number of hydrogen-bond acceptors (Lipinski definition) is 3. The summed E-state index contributed by atoms with van der Waals surface area (Å²) in [6.07, 6.45) is -1.42. The monoisotopic (exact) mass is 324 g/mol. The Morgan fingerprint density at radius 3 is 2.61 bits per heavy atom. The van der Waals surface area contributed by atoms with Gasteiger partial charge in [-0.25, -0.2) is 0 Å². The number of nitrogens with zero attached hydrogens (tertiary/aromatic N) is 1. The maximum atomic E-state index is 12.5. The molecule has 1 heterocycles. The van der Waals surface area contributed by atoms with Crippen molar-refractivity contribution in [3.05, 3.63) is 41.0 Å². The van der Waals surface area contributed by atoms with E-state index in [1.165, 1.54) is 18.2 Å². The quantitative estimate of drug-likeness (QED) is 0.684. The first-order valence-electron chi connectivity index (χ1n) is 7.09. The first-order valence-corrected chi connectivity index (χ1v) is 7.09. The van der Waals surface area contributed by atoms with Crippen molar-refractivity contribution >= 4 is 12.0 Å². The van der Waals surface area contributed by atoms with Crippen LogP contribution in [0.15, 0.2) is 29.8 Å². The lowest BCUT2D eigenvalue weighted by Crippen LogP contribution is -2.32. The van der Waals surface area contributed by atoms with E-state index in [0.717, 1.165) is 25.0 Å². The number of nitrogens with one attached hydrogen (secondary N) is 1. The number of carbonyl (C=O) groups excluding carboxylic acids is 1. The normalized spacial score (nSPS) is 18.5. The van der Waals surface area contributed by atoms with Gasteiger partial charge in [-0.05, 0) is 36.6 Å². The van der Waals surface area contributed by atoms with Crippen molar-refractivity contribution in [1.29, 1.82) is 5.26 Å². The number of alkyl halides is 3. The summed E-state index contributed by atoms with van der Waals surface area (Å²) in [5.74, 6) is -0.567. The van der Waals surface area contributed by atoms with Gasteiger partial charge in [0.05, 0.1) is 11.7 Å². The molecule has 7 heteroatoms. The molecule has 122 valence electrons. The summed E-state index contributed by atoms with van der Waals surface area (Å²) >= 11 is 0. The molecule has 1 aromatic rings. The van der Waals surface area contributed by atoms with Crippen molar-refractivity contribution in [2.75, 3.05) is 13.2 Å². The van der Waals surface area contributed by atoms with Crippen LogP contribution < -0.4 is 5.32 Å². The Hall–Kier alpha value is -2.33. The molecular weight excluding hydrogens is 309 g/mol. The van der Waals surface area contributed by atoms with Crippen molar-refractivity contribution in [2.45, 2.75) is 25.1 Å². The molecule has 0 saturated carbocycles. The molecule has 1 aromatic carbocycles. The third-order valence-corrected chi connectivity index (χ3v) is 3.43. The van der Waals surface area contributed by atoms with Crippen LogP contribution in [0.2, 0.25) is 0 Å². The number of benzene rings is 1. The molecule has 0 aliphatic carbocycles. The average Bonchev–Trinajstić information content (AvgIpc) is 3.03. The Balaban J connectivity index is 2.02. The molecule has 0 spiro atoms. The molecule has 4 nitrogen and oxygen atoms in total. The minimum absolute atomic E-state index is 0.0510. The van der Waals surface area contributed by atoms with Crippen molar-refractivity contribution in [3.63, 3.8) is 0 Å². The van der Waals surface area contributed by atoms with Gasteiger partial charge in [0.1, 0.15) is 11.6 Å². The molecule has 23 heavy (non-hydrogen) atoms. The smallest absolute Gasteiger partial charge is 0.376 e. The Kier molecular flexibility index (Phi) is 5.40. The third kappa shape index (κ3) is 4.83. The second-order valence-corrected chi connectivity index (χ2v) is 5.13. The van der Waals surface area contributed by atoms with E-state index in [4.69, 9.17) is 10.00 Å². The maximum absolute atomic E-state index is 12.5. The summed E-state index contributed by atoms with van der Waals surface area (Å²) in [6.45, 7) is 0.970. The molecule has 1 fully saturated rings. The Labute approximate surface area is 131 Å². The predicted molar refractivity (Wildman–Crippen MR) is 77.0 cm³/mol. The zero-order chi connectivity index (χ0) is 16.9. The summed E-state index contributed by atoms with van der Waals surface area (Å²) in [5.41, 5.74) is -0.597. The highest BCUT2D eigenvalue weighted by atomic mass is 19.4. The fraction of sp³-hybridized carbons (Fsp3) is 0.375. The van der Waals surface area contributed by atoms with Gasteiger partial charge in [0.25, 0.3) is 5.91 Å². The SMILES string of the molecule is N#C/C(=C/c1ccc(C(F)(F)F)cc1)C(=O)NCC1CCCO1. The Morgan fingerprint density at radius 2 is 2.09 bits per heavy atom. The summed E-state index contributed by atoms with van der Waals surface area (Å²) < 4.78 is 42.8. The molecule has 2 rings (SSSR count). The van der Waals surface area contributed by atoms with Crippen LogP contribution in [0.25, 0.3) is 6.08 Å². The molecule has 0 bridgehead atoms. The molecule has 0 radical (unpaired) electrons. The number of amides is 1. The van der Waals surface area contributed by atoms with E-state index >= 15 is 0 Å². The summed E-state index contributed by atoms with van der Waals surface area (Å²) in [5, 5.41) is 11.6. The molecule has 1 aliphatic heterocycles. The summed E-state index contributed by atoms with van der Waals surface area (Å²) in [6, 6.07) is 6.00. The molecule has 1 saturated heterocycles. The predicted octanol–water partition coefficient (Wildman–Crippen LogP) is 2.91. The topological polar surface area (TPSA) is 62.1 Å². The molecular formula is C16H15F3N2O2. The summed E-state index contributed by atoms with van der Waals surface area (Å²) in [4.78, 5) is 11.9. The molecule has 1 atom stereocenters. The molecule has 1 N–H and O–H groups in total. The van der Waals surface area contributed by atoms with Crippen LogP contribution >= 0.6 is 0 Å². The molecule has 1 amide bonds. The average molecular weight is 324 g/mol. The molecule has 1 unspecified atom stereocenters. The van der Waals surface area contributed by atoms with Crippen LogP contribution in [0.5, 0.6) is 0 Å². The van der Waals surface area contributed by atoms with Crippen LogP contribution in [0, 0.1) is 11.3 Å². The lowest BCUT2D eigenvalue weighted by atomic mass is 10.1. The number of ether oxygens (including phenoxy) is 1. The molecule has 1 aliphatic rings. The van der Waals surface area contributed by atoms with Gasteiger partial charge in [0.15, 0.2) is 0 Å². The van der Waals surface area contributed by atoms with Crippen LogP contribution in [-0.2, 0) is 15.7 Å². The van der Waals surface area contributed by atoms with Crippen molar-refractivity contribution < 1.29 is 22.7 Å². The van der Waals surface area contributed by atoms with Gasteiger partial charge in [-0.15, -0.1) is 0 Å². The number of nitriles is 1. The fourth-order valence-corrected chi connectivity index (χ4v) is 2.19. The van der Waals surface area contributed by atoms with E-state index in [9.17, 15) is 18.0 Å². The third-order valence-electron chi connectivity index (χ3n) is 3.43.